The fourth-order valence-corrected chi connectivity index (χ4v) is 4.48. The van der Waals surface area contributed by atoms with E-state index in [-0.39, 0.29) is 17.0 Å². The molecule has 94 valence electrons. The average molecular weight is 301 g/mol. The quantitative estimate of drug-likeness (QED) is 0.622. The zero-order valence-corrected chi connectivity index (χ0v) is 12.0. The van der Waals surface area contributed by atoms with Crippen molar-refractivity contribution in [2.24, 2.45) is 0 Å². The zero-order valence-electron chi connectivity index (χ0n) is 9.67. The van der Waals surface area contributed by atoms with Crippen molar-refractivity contribution in [1.29, 1.82) is 0 Å². The Morgan fingerprint density at radius 1 is 1.44 bits per heavy atom. The number of thiophene rings is 1. The van der Waals surface area contributed by atoms with Gasteiger partial charge in [-0.25, -0.2) is 9.97 Å². The highest BCUT2D eigenvalue weighted by molar-refractivity contribution is 7.19. The molecule has 1 aliphatic rings. The van der Waals surface area contributed by atoms with Gasteiger partial charge in [0.25, 0.3) is 0 Å². The third-order valence-corrected chi connectivity index (χ3v) is 4.86. The molecular formula is C12H10Cl2N2OS. The van der Waals surface area contributed by atoms with Crippen LogP contribution in [0.2, 0.25) is 10.4 Å². The molecule has 0 fully saturated rings. The number of carbonyl (C=O) groups is 1. The van der Waals surface area contributed by atoms with Crippen molar-refractivity contribution < 1.29 is 4.79 Å². The van der Waals surface area contributed by atoms with Gasteiger partial charge < -0.3 is 4.79 Å². The molecule has 0 saturated heterocycles. The molecule has 18 heavy (non-hydrogen) atoms. The predicted molar refractivity (Wildman–Crippen MR) is 73.8 cm³/mol. The van der Waals surface area contributed by atoms with Crippen LogP contribution in [0.25, 0.3) is 10.2 Å². The fraction of sp³-hybridized carbons (Fsp3) is 0.417. The molecule has 3 rings (SSSR count). The smallest absolute Gasteiger partial charge is 0.225 e. The minimum atomic E-state index is 0.176. The lowest BCUT2D eigenvalue weighted by Gasteiger charge is -2.08. The van der Waals surface area contributed by atoms with Crippen molar-refractivity contribution in [3.63, 3.8) is 0 Å². The van der Waals surface area contributed by atoms with Crippen LogP contribution in [0.3, 0.4) is 0 Å². The summed E-state index contributed by atoms with van der Waals surface area (Å²) >= 11 is 13.6. The minimum Gasteiger partial charge on any atom is -0.300 e. The first-order chi connectivity index (χ1) is 8.56. The van der Waals surface area contributed by atoms with Crippen molar-refractivity contribution in [2.75, 3.05) is 0 Å². The van der Waals surface area contributed by atoms with Crippen molar-refractivity contribution in [3.05, 3.63) is 20.9 Å². The zero-order chi connectivity index (χ0) is 12.9. The second kappa shape index (κ2) is 4.44. The van der Waals surface area contributed by atoms with E-state index in [9.17, 15) is 4.79 Å². The predicted octanol–water partition coefficient (Wildman–Crippen LogP) is 4.01. The van der Waals surface area contributed by atoms with Crippen LogP contribution in [0.15, 0.2) is 0 Å². The lowest BCUT2D eigenvalue weighted by molar-refractivity contribution is -0.117. The first-order valence-corrected chi connectivity index (χ1v) is 7.27. The molecule has 2 aromatic rings. The van der Waals surface area contributed by atoms with Gasteiger partial charge in [-0.1, -0.05) is 11.6 Å². The Balaban J connectivity index is 2.19. The van der Waals surface area contributed by atoms with Crippen molar-refractivity contribution in [3.8, 4) is 0 Å². The van der Waals surface area contributed by atoms with Crippen LogP contribution in [0.1, 0.15) is 36.1 Å². The van der Waals surface area contributed by atoms with Crippen LogP contribution in [0.5, 0.6) is 0 Å². The fourth-order valence-electron chi connectivity index (χ4n) is 2.62. The summed E-state index contributed by atoms with van der Waals surface area (Å²) in [5.41, 5.74) is 1.17. The van der Waals surface area contributed by atoms with Crippen LogP contribution in [0, 0.1) is 0 Å². The van der Waals surface area contributed by atoms with Gasteiger partial charge in [0, 0.05) is 11.3 Å². The summed E-state index contributed by atoms with van der Waals surface area (Å²) in [7, 11) is 0. The number of aromatic nitrogens is 2. The second-order valence-electron chi connectivity index (χ2n) is 4.54. The average Bonchev–Trinajstić information content (AvgIpc) is 2.77. The van der Waals surface area contributed by atoms with Gasteiger partial charge in [0.1, 0.15) is 15.8 Å². The molecule has 1 atom stereocenters. The molecule has 3 nitrogen and oxygen atoms in total. The number of rotatable bonds is 2. The number of aryl methyl sites for hydroxylation is 1. The summed E-state index contributed by atoms with van der Waals surface area (Å²) in [6.45, 7) is 1.63. The Kier molecular flexibility index (Phi) is 3.04. The minimum absolute atomic E-state index is 0.176. The Bertz CT molecular complexity index is 653. The van der Waals surface area contributed by atoms with Gasteiger partial charge in [-0.05, 0) is 42.8 Å². The van der Waals surface area contributed by atoms with Gasteiger partial charge >= 0.3 is 0 Å². The Hall–Kier alpha value is -0.710. The molecule has 0 radical (unpaired) electrons. The highest BCUT2D eigenvalue weighted by Crippen LogP contribution is 2.46. The third-order valence-electron chi connectivity index (χ3n) is 3.26. The summed E-state index contributed by atoms with van der Waals surface area (Å²) in [6.07, 6.45) is 2.57. The molecule has 0 amide bonds. The van der Waals surface area contributed by atoms with Crippen LogP contribution in [-0.4, -0.2) is 15.8 Å². The summed E-state index contributed by atoms with van der Waals surface area (Å²) in [4.78, 5) is 21.7. The normalized spacial score (nSPS) is 18.3. The maximum atomic E-state index is 11.3. The molecule has 0 aliphatic heterocycles. The largest absolute Gasteiger partial charge is 0.300 e. The van der Waals surface area contributed by atoms with Gasteiger partial charge in [-0.15, -0.1) is 11.3 Å². The number of carbonyl (C=O) groups excluding carboxylic acids is 1. The van der Waals surface area contributed by atoms with Gasteiger partial charge in [-0.3, -0.25) is 0 Å². The highest BCUT2D eigenvalue weighted by atomic mass is 35.5. The van der Waals surface area contributed by atoms with E-state index in [1.165, 1.54) is 10.4 Å². The molecule has 0 N–H and O–H groups in total. The van der Waals surface area contributed by atoms with E-state index in [4.69, 9.17) is 23.2 Å². The van der Waals surface area contributed by atoms with Gasteiger partial charge in [0.2, 0.25) is 5.28 Å². The molecule has 1 unspecified atom stereocenters. The van der Waals surface area contributed by atoms with Crippen molar-refractivity contribution in [1.82, 2.24) is 9.97 Å². The Morgan fingerprint density at radius 2 is 2.22 bits per heavy atom. The van der Waals surface area contributed by atoms with Crippen LogP contribution in [0.4, 0.5) is 0 Å². The Labute approximate surface area is 118 Å². The van der Waals surface area contributed by atoms with Crippen molar-refractivity contribution >= 4 is 50.5 Å². The lowest BCUT2D eigenvalue weighted by Crippen LogP contribution is -2.01. The van der Waals surface area contributed by atoms with E-state index in [0.717, 1.165) is 23.1 Å². The number of fused-ring (bicyclic) bond motifs is 3. The van der Waals surface area contributed by atoms with E-state index < -0.39 is 0 Å². The van der Waals surface area contributed by atoms with Crippen LogP contribution >= 0.6 is 34.5 Å². The number of nitrogens with zero attached hydrogens (tertiary/aromatic N) is 2. The molecule has 0 aromatic carbocycles. The van der Waals surface area contributed by atoms with Crippen molar-refractivity contribution in [2.45, 2.75) is 32.1 Å². The number of halogens is 2. The molecule has 2 aromatic heterocycles. The monoisotopic (exact) mass is 300 g/mol. The van der Waals surface area contributed by atoms with Crippen LogP contribution < -0.4 is 0 Å². The Morgan fingerprint density at radius 3 is 2.94 bits per heavy atom. The molecule has 1 aliphatic carbocycles. The third kappa shape index (κ3) is 1.92. The van der Waals surface area contributed by atoms with Gasteiger partial charge in [-0.2, -0.15) is 0 Å². The number of Topliss-reactive ketones (excluding diaryl/α,β-unsaturated/α-hetero) is 1. The SMILES string of the molecule is CC(=O)CC1CCc2sc3nc(Cl)nc(Cl)c3c21. The van der Waals surface area contributed by atoms with Gasteiger partial charge in [0.15, 0.2) is 0 Å². The summed E-state index contributed by atoms with van der Waals surface area (Å²) in [6, 6.07) is 0. The van der Waals surface area contributed by atoms with E-state index in [2.05, 4.69) is 9.97 Å². The summed E-state index contributed by atoms with van der Waals surface area (Å²) < 4.78 is 0. The van der Waals surface area contributed by atoms with E-state index in [0.29, 0.717) is 11.6 Å². The van der Waals surface area contributed by atoms with E-state index in [1.54, 1.807) is 18.3 Å². The molecule has 0 spiro atoms. The van der Waals surface area contributed by atoms with Crippen LogP contribution in [-0.2, 0) is 11.2 Å². The lowest BCUT2D eigenvalue weighted by atomic mass is 9.96. The highest BCUT2D eigenvalue weighted by Gasteiger charge is 2.30. The first-order valence-electron chi connectivity index (χ1n) is 5.70. The van der Waals surface area contributed by atoms with Gasteiger partial charge in [0.05, 0.1) is 5.39 Å². The first kappa shape index (κ1) is 12.3. The molecular weight excluding hydrogens is 291 g/mol. The topological polar surface area (TPSA) is 42.9 Å². The summed E-state index contributed by atoms with van der Waals surface area (Å²) in [5, 5.41) is 1.47. The number of hydrogen-bond acceptors (Lipinski definition) is 4. The number of hydrogen-bond donors (Lipinski definition) is 0. The molecule has 6 heteroatoms. The maximum absolute atomic E-state index is 11.3. The molecule has 0 bridgehead atoms. The number of ketones is 1. The summed E-state index contributed by atoms with van der Waals surface area (Å²) in [5.74, 6) is 0.465. The maximum Gasteiger partial charge on any atom is 0.225 e. The van der Waals surface area contributed by atoms with E-state index >= 15 is 0 Å². The van der Waals surface area contributed by atoms with E-state index in [1.807, 2.05) is 0 Å². The molecule has 0 saturated carbocycles. The standard InChI is InChI=1S/C12H10Cl2N2OS/c1-5(17)4-6-2-3-7-8(6)9-10(13)15-12(14)16-11(9)18-7/h6H,2-4H2,1H3. The molecule has 2 heterocycles. The second-order valence-corrected chi connectivity index (χ2v) is 6.32.